The number of allylic oxidation sites excluding steroid dienone is 1. The molecule has 2 aromatic carbocycles. The van der Waals surface area contributed by atoms with Crippen molar-refractivity contribution in [3.63, 3.8) is 0 Å². The highest BCUT2D eigenvalue weighted by molar-refractivity contribution is 7.10. The number of ether oxygens (including phenoxy) is 1. The van der Waals surface area contributed by atoms with E-state index in [0.29, 0.717) is 13.0 Å². The van der Waals surface area contributed by atoms with Crippen molar-refractivity contribution in [3.05, 3.63) is 112 Å². The Morgan fingerprint density at radius 2 is 1.74 bits per heavy atom. The van der Waals surface area contributed by atoms with Gasteiger partial charge in [-0.15, -0.1) is 11.3 Å². The van der Waals surface area contributed by atoms with Crippen LogP contribution >= 0.6 is 11.3 Å². The van der Waals surface area contributed by atoms with Crippen LogP contribution in [0.4, 0.5) is 4.39 Å². The van der Waals surface area contributed by atoms with Crippen molar-refractivity contribution in [2.45, 2.75) is 18.9 Å². The van der Waals surface area contributed by atoms with Gasteiger partial charge in [-0.05, 0) is 47.5 Å². The van der Waals surface area contributed by atoms with Crippen LogP contribution in [0.5, 0.6) is 0 Å². The van der Waals surface area contributed by atoms with E-state index in [2.05, 4.69) is 0 Å². The van der Waals surface area contributed by atoms with Crippen molar-refractivity contribution in [2.75, 3.05) is 6.61 Å². The number of thiophene rings is 1. The Hall–Kier alpha value is -3.55. The van der Waals surface area contributed by atoms with Crippen LogP contribution < -0.4 is 0 Å². The largest absolute Gasteiger partial charge is 0.478 e. The van der Waals surface area contributed by atoms with Crippen LogP contribution in [0.3, 0.4) is 0 Å². The molecule has 2 N–H and O–H groups in total. The summed E-state index contributed by atoms with van der Waals surface area (Å²) in [6, 6.07) is 19.4. The van der Waals surface area contributed by atoms with Gasteiger partial charge in [-0.2, -0.15) is 0 Å². The van der Waals surface area contributed by atoms with Crippen LogP contribution in [-0.4, -0.2) is 28.8 Å². The maximum absolute atomic E-state index is 13.2. The first-order valence-electron chi connectivity index (χ1n) is 10.7. The number of hydrogen-bond donors (Lipinski definition) is 2. The Balaban J connectivity index is 1.89. The van der Waals surface area contributed by atoms with Crippen molar-refractivity contribution < 1.29 is 28.9 Å². The minimum absolute atomic E-state index is 0.219. The number of carboxylic acids is 2. The topological polar surface area (TPSA) is 83.8 Å². The molecule has 0 saturated heterocycles. The van der Waals surface area contributed by atoms with Gasteiger partial charge < -0.3 is 14.9 Å². The highest BCUT2D eigenvalue weighted by atomic mass is 32.1. The van der Waals surface area contributed by atoms with Gasteiger partial charge in [0.1, 0.15) is 5.82 Å². The zero-order valence-electron chi connectivity index (χ0n) is 18.3. The fourth-order valence-electron chi connectivity index (χ4n) is 3.60. The number of aliphatic carboxylic acids is 2. The number of halogens is 1. The predicted molar refractivity (Wildman–Crippen MR) is 130 cm³/mol. The Morgan fingerprint density at radius 3 is 2.35 bits per heavy atom. The van der Waals surface area contributed by atoms with Gasteiger partial charge in [-0.3, -0.25) is 0 Å². The van der Waals surface area contributed by atoms with Gasteiger partial charge >= 0.3 is 11.9 Å². The first kappa shape index (κ1) is 25.1. The third-order valence-corrected chi connectivity index (χ3v) is 6.15. The average Bonchev–Trinajstić information content (AvgIpc) is 3.35. The molecule has 0 bridgehead atoms. The second kappa shape index (κ2) is 12.6. The Kier molecular flexibility index (Phi) is 9.31. The summed E-state index contributed by atoms with van der Waals surface area (Å²) in [6.45, 7) is 0.338. The summed E-state index contributed by atoms with van der Waals surface area (Å²) in [5.41, 5.74) is 1.59. The molecule has 5 nitrogen and oxygen atoms in total. The molecule has 2 unspecified atom stereocenters. The van der Waals surface area contributed by atoms with E-state index in [9.17, 15) is 24.2 Å². The highest BCUT2D eigenvalue weighted by Gasteiger charge is 2.31. The summed E-state index contributed by atoms with van der Waals surface area (Å²) in [4.78, 5) is 24.3. The normalized spacial score (nSPS) is 13.6. The lowest BCUT2D eigenvalue weighted by atomic mass is 9.88. The molecule has 7 heteroatoms. The molecule has 3 rings (SSSR count). The molecule has 0 saturated carbocycles. The van der Waals surface area contributed by atoms with Crippen LogP contribution in [0.25, 0.3) is 6.08 Å². The number of benzene rings is 2. The van der Waals surface area contributed by atoms with E-state index in [0.717, 1.165) is 22.1 Å². The summed E-state index contributed by atoms with van der Waals surface area (Å²) in [7, 11) is 0. The van der Waals surface area contributed by atoms with E-state index in [1.165, 1.54) is 23.5 Å². The van der Waals surface area contributed by atoms with Crippen molar-refractivity contribution in [3.8, 4) is 0 Å². The van der Waals surface area contributed by atoms with Crippen molar-refractivity contribution in [1.82, 2.24) is 0 Å². The fourth-order valence-corrected chi connectivity index (χ4v) is 4.43. The van der Waals surface area contributed by atoms with E-state index in [1.807, 2.05) is 47.8 Å². The molecule has 0 amide bonds. The molecule has 0 radical (unpaired) electrons. The van der Waals surface area contributed by atoms with Crippen molar-refractivity contribution in [2.24, 2.45) is 5.92 Å². The van der Waals surface area contributed by atoms with Gasteiger partial charge in [0, 0.05) is 16.9 Å². The van der Waals surface area contributed by atoms with Crippen LogP contribution in [-0.2, 0) is 20.7 Å². The van der Waals surface area contributed by atoms with E-state index < -0.39 is 24.0 Å². The zero-order valence-corrected chi connectivity index (χ0v) is 19.2. The van der Waals surface area contributed by atoms with Crippen molar-refractivity contribution in [1.29, 1.82) is 0 Å². The lowest BCUT2D eigenvalue weighted by Gasteiger charge is -2.26. The van der Waals surface area contributed by atoms with Crippen LogP contribution in [0, 0.1) is 11.7 Å². The molecule has 34 heavy (non-hydrogen) atoms. The predicted octanol–water partition coefficient (Wildman–Crippen LogP) is 6.00. The van der Waals surface area contributed by atoms with E-state index >= 15 is 0 Å². The monoisotopic (exact) mass is 480 g/mol. The quantitative estimate of drug-likeness (QED) is 0.311. The average molecular weight is 481 g/mol. The number of carboxylic acid groups (broad SMARTS) is 2. The Bertz CT molecular complexity index is 1120. The third-order valence-electron chi connectivity index (χ3n) is 5.22. The summed E-state index contributed by atoms with van der Waals surface area (Å²) in [5, 5.41) is 21.0. The minimum Gasteiger partial charge on any atom is -0.478 e. The molecule has 1 heterocycles. The Labute approximate surface area is 201 Å². The van der Waals surface area contributed by atoms with Gasteiger partial charge in [0.25, 0.3) is 0 Å². The standard InChI is InChI=1S/C27H25FO5S/c28-21-13-11-20(12-14-21)8-4-9-22(23(27(31)32)18-25(29)30)26(24-10-5-17-34-24)33-16-15-19-6-2-1-3-7-19/h1-8,10-14,17-18,22,26H,9,15-16H2,(H,29,30)(H,31,32)/b8-4+,23-18-. The molecule has 0 aliphatic rings. The third kappa shape index (κ3) is 7.50. The zero-order chi connectivity index (χ0) is 24.3. The first-order chi connectivity index (χ1) is 16.4. The molecule has 176 valence electrons. The minimum atomic E-state index is -1.33. The highest BCUT2D eigenvalue weighted by Crippen LogP contribution is 2.37. The van der Waals surface area contributed by atoms with Crippen LogP contribution in [0.1, 0.15) is 28.5 Å². The summed E-state index contributed by atoms with van der Waals surface area (Å²) >= 11 is 1.43. The molecular weight excluding hydrogens is 455 g/mol. The molecule has 0 aliphatic heterocycles. The molecule has 0 aliphatic carbocycles. The molecule has 0 spiro atoms. The molecule has 1 aromatic heterocycles. The molecule has 0 fully saturated rings. The molecule has 2 atom stereocenters. The SMILES string of the molecule is O=C(O)/C=C(\C(=O)O)C(C/C=C/c1ccc(F)cc1)C(OCCc1ccccc1)c1cccs1. The van der Waals surface area contributed by atoms with Crippen LogP contribution in [0.2, 0.25) is 0 Å². The number of hydrogen-bond acceptors (Lipinski definition) is 4. The maximum atomic E-state index is 13.2. The molecular formula is C27H25FO5S. The van der Waals surface area contributed by atoms with Gasteiger partial charge in [-0.1, -0.05) is 60.7 Å². The second-order valence-electron chi connectivity index (χ2n) is 7.58. The lowest BCUT2D eigenvalue weighted by Crippen LogP contribution is -2.23. The molecule has 3 aromatic rings. The Morgan fingerprint density at radius 1 is 1.00 bits per heavy atom. The smallest absolute Gasteiger partial charge is 0.332 e. The summed E-state index contributed by atoms with van der Waals surface area (Å²) < 4.78 is 19.4. The van der Waals surface area contributed by atoms with Gasteiger partial charge in [0.05, 0.1) is 18.3 Å². The summed E-state index contributed by atoms with van der Waals surface area (Å²) in [5.74, 6) is -3.74. The number of carbonyl (C=O) groups is 2. The van der Waals surface area contributed by atoms with E-state index in [4.69, 9.17) is 4.74 Å². The van der Waals surface area contributed by atoms with Gasteiger partial charge in [-0.25, -0.2) is 14.0 Å². The van der Waals surface area contributed by atoms with E-state index in [-0.39, 0.29) is 17.8 Å². The van der Waals surface area contributed by atoms with Gasteiger partial charge in [0.15, 0.2) is 0 Å². The second-order valence-corrected chi connectivity index (χ2v) is 8.56. The maximum Gasteiger partial charge on any atom is 0.332 e. The fraction of sp³-hybridized carbons (Fsp3) is 0.185. The first-order valence-corrected chi connectivity index (χ1v) is 11.6. The summed E-state index contributed by atoms with van der Waals surface area (Å²) in [6.07, 6.45) is 4.45. The number of rotatable bonds is 12. The van der Waals surface area contributed by atoms with Crippen LogP contribution in [0.15, 0.2) is 89.8 Å². The van der Waals surface area contributed by atoms with E-state index in [1.54, 1.807) is 24.3 Å². The van der Waals surface area contributed by atoms with Gasteiger partial charge in [0.2, 0.25) is 0 Å². The van der Waals surface area contributed by atoms with Crippen molar-refractivity contribution >= 4 is 29.4 Å². The lowest BCUT2D eigenvalue weighted by molar-refractivity contribution is -0.136.